The van der Waals surface area contributed by atoms with Crippen LogP contribution in [0, 0.1) is 0 Å². The first kappa shape index (κ1) is 20.2. The molecule has 3 rings (SSSR count). The molecular formula is C20H25Cl2N3O2. The lowest BCUT2D eigenvalue weighted by Gasteiger charge is -2.34. The average Bonchev–Trinajstić information content (AvgIpc) is 3.17. The van der Waals surface area contributed by atoms with Gasteiger partial charge in [0.15, 0.2) is 0 Å². The molecule has 1 aromatic carbocycles. The Kier molecular flexibility index (Phi) is 7.16. The zero-order valence-corrected chi connectivity index (χ0v) is 16.9. The Hall–Kier alpha value is -1.56. The molecule has 0 aliphatic carbocycles. The number of amides is 2. The SMILES string of the molecule is O=C(C=Cc1ccc(Cl)c(Cl)c1)N1CCN(CCCN2CCCC2)C(=O)C1. The van der Waals surface area contributed by atoms with Gasteiger partial charge in [0.25, 0.3) is 0 Å². The maximum atomic E-state index is 12.4. The van der Waals surface area contributed by atoms with Gasteiger partial charge in [-0.15, -0.1) is 0 Å². The van der Waals surface area contributed by atoms with Crippen molar-refractivity contribution in [2.24, 2.45) is 0 Å². The summed E-state index contributed by atoms with van der Waals surface area (Å²) in [5, 5.41) is 0.926. The van der Waals surface area contributed by atoms with Crippen molar-refractivity contribution < 1.29 is 9.59 Å². The van der Waals surface area contributed by atoms with Gasteiger partial charge in [0.2, 0.25) is 11.8 Å². The van der Waals surface area contributed by atoms with Crippen LogP contribution in [0.25, 0.3) is 6.08 Å². The number of hydrogen-bond donors (Lipinski definition) is 0. The van der Waals surface area contributed by atoms with Gasteiger partial charge < -0.3 is 14.7 Å². The number of nitrogens with zero attached hydrogens (tertiary/aromatic N) is 3. The van der Waals surface area contributed by atoms with E-state index >= 15 is 0 Å². The zero-order valence-electron chi connectivity index (χ0n) is 15.4. The predicted molar refractivity (Wildman–Crippen MR) is 109 cm³/mol. The second-order valence-corrected chi connectivity index (χ2v) is 7.86. The summed E-state index contributed by atoms with van der Waals surface area (Å²) < 4.78 is 0. The van der Waals surface area contributed by atoms with Crippen molar-refractivity contribution in [3.05, 3.63) is 39.9 Å². The van der Waals surface area contributed by atoms with Gasteiger partial charge in [-0.2, -0.15) is 0 Å². The molecule has 0 saturated carbocycles. The molecule has 2 fully saturated rings. The lowest BCUT2D eigenvalue weighted by atomic mass is 10.2. The fraction of sp³-hybridized carbons (Fsp3) is 0.500. The van der Waals surface area contributed by atoms with E-state index in [2.05, 4.69) is 4.90 Å². The molecule has 2 amide bonds. The minimum Gasteiger partial charge on any atom is -0.339 e. The Morgan fingerprint density at radius 3 is 2.52 bits per heavy atom. The van der Waals surface area contributed by atoms with Gasteiger partial charge in [-0.25, -0.2) is 0 Å². The van der Waals surface area contributed by atoms with Crippen LogP contribution >= 0.6 is 23.2 Å². The van der Waals surface area contributed by atoms with E-state index in [0.717, 1.165) is 25.1 Å². The summed E-state index contributed by atoms with van der Waals surface area (Å²) in [4.78, 5) is 30.6. The largest absolute Gasteiger partial charge is 0.339 e. The van der Waals surface area contributed by atoms with E-state index in [1.165, 1.54) is 32.0 Å². The minimum atomic E-state index is -0.161. The molecule has 0 bridgehead atoms. The Bertz CT molecular complexity index is 717. The van der Waals surface area contributed by atoms with Crippen molar-refractivity contribution in [1.82, 2.24) is 14.7 Å². The fourth-order valence-electron chi connectivity index (χ4n) is 3.51. The summed E-state index contributed by atoms with van der Waals surface area (Å²) in [5.74, 6) is -0.134. The summed E-state index contributed by atoms with van der Waals surface area (Å²) in [5.41, 5.74) is 0.796. The Morgan fingerprint density at radius 2 is 1.81 bits per heavy atom. The van der Waals surface area contributed by atoms with Gasteiger partial charge in [0.05, 0.1) is 10.0 Å². The number of piperazine rings is 1. The number of rotatable bonds is 6. The third kappa shape index (κ3) is 5.71. The van der Waals surface area contributed by atoms with E-state index in [9.17, 15) is 9.59 Å². The van der Waals surface area contributed by atoms with Crippen LogP contribution in [-0.2, 0) is 9.59 Å². The molecule has 0 radical (unpaired) electrons. The van der Waals surface area contributed by atoms with Crippen LogP contribution < -0.4 is 0 Å². The van der Waals surface area contributed by atoms with E-state index in [0.29, 0.717) is 23.1 Å². The van der Waals surface area contributed by atoms with E-state index < -0.39 is 0 Å². The minimum absolute atomic E-state index is 0.0268. The third-order valence-electron chi connectivity index (χ3n) is 5.09. The number of carbonyl (C=O) groups excluding carboxylic acids is 2. The van der Waals surface area contributed by atoms with Gasteiger partial charge in [0.1, 0.15) is 6.54 Å². The van der Waals surface area contributed by atoms with Gasteiger partial charge in [0, 0.05) is 25.7 Å². The van der Waals surface area contributed by atoms with E-state index in [1.54, 1.807) is 29.2 Å². The van der Waals surface area contributed by atoms with Gasteiger partial charge in [-0.3, -0.25) is 9.59 Å². The highest BCUT2D eigenvalue weighted by atomic mass is 35.5. The third-order valence-corrected chi connectivity index (χ3v) is 5.83. The Balaban J connectivity index is 1.45. The smallest absolute Gasteiger partial charge is 0.247 e. The number of hydrogen-bond acceptors (Lipinski definition) is 3. The summed E-state index contributed by atoms with van der Waals surface area (Å²) >= 11 is 11.9. The highest BCUT2D eigenvalue weighted by Gasteiger charge is 2.25. The number of halogens is 2. The molecule has 0 unspecified atom stereocenters. The molecule has 5 nitrogen and oxygen atoms in total. The molecule has 0 atom stereocenters. The molecule has 0 aromatic heterocycles. The molecule has 2 saturated heterocycles. The normalized spacial score (nSPS) is 18.7. The van der Waals surface area contributed by atoms with Crippen molar-refractivity contribution in [2.75, 3.05) is 45.8 Å². The van der Waals surface area contributed by atoms with Crippen LogP contribution in [0.15, 0.2) is 24.3 Å². The van der Waals surface area contributed by atoms with Crippen LogP contribution in [0.5, 0.6) is 0 Å². The van der Waals surface area contributed by atoms with E-state index in [4.69, 9.17) is 23.2 Å². The van der Waals surface area contributed by atoms with Crippen molar-refractivity contribution in [3.8, 4) is 0 Å². The maximum absolute atomic E-state index is 12.4. The van der Waals surface area contributed by atoms with Gasteiger partial charge >= 0.3 is 0 Å². The van der Waals surface area contributed by atoms with Gasteiger partial charge in [-0.05, 0) is 62.7 Å². The van der Waals surface area contributed by atoms with Crippen molar-refractivity contribution in [2.45, 2.75) is 19.3 Å². The summed E-state index contributed by atoms with van der Waals surface area (Å²) in [6.07, 6.45) is 6.75. The van der Waals surface area contributed by atoms with Crippen LogP contribution in [0.2, 0.25) is 10.0 Å². The standard InChI is InChI=1S/C20H25Cl2N3O2/c21-17-6-4-16(14-18(17)22)5-7-19(26)25-13-12-24(20(27)15-25)11-3-10-23-8-1-2-9-23/h4-7,14H,1-3,8-13,15H2. The fourth-order valence-corrected chi connectivity index (χ4v) is 3.82. The average molecular weight is 410 g/mol. The maximum Gasteiger partial charge on any atom is 0.247 e. The highest BCUT2D eigenvalue weighted by Crippen LogP contribution is 2.23. The first-order valence-corrected chi connectivity index (χ1v) is 10.2. The van der Waals surface area contributed by atoms with Crippen molar-refractivity contribution >= 4 is 41.1 Å². The first-order chi connectivity index (χ1) is 13.0. The Morgan fingerprint density at radius 1 is 1.04 bits per heavy atom. The van der Waals surface area contributed by atoms with Crippen LogP contribution in [0.3, 0.4) is 0 Å². The lowest BCUT2D eigenvalue weighted by Crippen LogP contribution is -2.52. The number of likely N-dealkylation sites (tertiary alicyclic amines) is 1. The zero-order chi connectivity index (χ0) is 19.2. The number of carbonyl (C=O) groups is 2. The monoisotopic (exact) mass is 409 g/mol. The second kappa shape index (κ2) is 9.58. The summed E-state index contributed by atoms with van der Waals surface area (Å²) in [6, 6.07) is 5.19. The molecule has 2 aliphatic heterocycles. The first-order valence-electron chi connectivity index (χ1n) is 9.45. The number of benzene rings is 1. The van der Waals surface area contributed by atoms with E-state index in [1.807, 2.05) is 4.90 Å². The summed E-state index contributed by atoms with van der Waals surface area (Å²) in [6.45, 7) is 5.51. The molecule has 1 aromatic rings. The molecule has 0 spiro atoms. The molecule has 2 heterocycles. The summed E-state index contributed by atoms with van der Waals surface area (Å²) in [7, 11) is 0. The topological polar surface area (TPSA) is 43.9 Å². The Labute approximate surface area is 170 Å². The lowest BCUT2D eigenvalue weighted by molar-refractivity contribution is -0.142. The van der Waals surface area contributed by atoms with Crippen LogP contribution in [-0.4, -0.2) is 72.3 Å². The van der Waals surface area contributed by atoms with Gasteiger partial charge in [-0.1, -0.05) is 29.3 Å². The molecule has 0 N–H and O–H groups in total. The van der Waals surface area contributed by atoms with Crippen LogP contribution in [0.1, 0.15) is 24.8 Å². The molecule has 27 heavy (non-hydrogen) atoms. The molecule has 2 aliphatic rings. The molecule has 146 valence electrons. The second-order valence-electron chi connectivity index (χ2n) is 7.05. The van der Waals surface area contributed by atoms with Crippen LogP contribution in [0.4, 0.5) is 0 Å². The van der Waals surface area contributed by atoms with Crippen molar-refractivity contribution in [1.29, 1.82) is 0 Å². The van der Waals surface area contributed by atoms with E-state index in [-0.39, 0.29) is 18.4 Å². The molecule has 7 heteroatoms. The quantitative estimate of drug-likeness (QED) is 0.677. The predicted octanol–water partition coefficient (Wildman–Crippen LogP) is 3.16. The highest BCUT2D eigenvalue weighted by molar-refractivity contribution is 6.42. The van der Waals surface area contributed by atoms with Crippen molar-refractivity contribution in [3.63, 3.8) is 0 Å². The molecular weight excluding hydrogens is 385 g/mol.